The van der Waals surface area contributed by atoms with Crippen molar-refractivity contribution in [3.05, 3.63) is 41.5 Å². The summed E-state index contributed by atoms with van der Waals surface area (Å²) >= 11 is 0. The number of sulfonamides is 1. The minimum absolute atomic E-state index is 0.0623. The maximum absolute atomic E-state index is 13.0. The summed E-state index contributed by atoms with van der Waals surface area (Å²) < 4.78 is 27.3. The van der Waals surface area contributed by atoms with Crippen LogP contribution >= 0.6 is 0 Å². The molecule has 4 rings (SSSR count). The number of rotatable bonds is 4. The highest BCUT2D eigenvalue weighted by Gasteiger charge is 2.50. The fraction of sp³-hybridized carbons (Fsp3) is 0.524. The normalized spacial score (nSPS) is 29.4. The number of benzene rings is 1. The summed E-state index contributed by atoms with van der Waals surface area (Å²) in [5, 5.41) is 11.6. The zero-order chi connectivity index (χ0) is 20.9. The van der Waals surface area contributed by atoms with Crippen LogP contribution in [0.4, 0.5) is 0 Å². The quantitative estimate of drug-likeness (QED) is 0.658. The van der Waals surface area contributed by atoms with E-state index in [0.29, 0.717) is 6.42 Å². The number of carboxylic acids is 1. The standard InChI is InChI=1S/C21H26N2O5S/c1-13-3-6-17(11-14(13)2)29(27,28)23-9-7-22(8-10-23)20(24)18-15-4-5-16(12-15)19(18)21(25)26/h3-6,11,15-16,18-19H,7-10,12H2,1-2H3,(H,25,26)/p-1/t15-,16+,18-,19+/m1/s1. The van der Waals surface area contributed by atoms with Crippen LogP contribution in [-0.4, -0.2) is 55.7 Å². The SMILES string of the molecule is Cc1ccc(S(=O)(=O)N2CCN(C(=O)[C@H]3[C@@H](C(=O)[O-])[C@H]4C=C[C@@H]3C4)CC2)cc1C. The van der Waals surface area contributed by atoms with Gasteiger partial charge in [0.1, 0.15) is 0 Å². The lowest BCUT2D eigenvalue weighted by molar-refractivity contribution is -0.313. The Morgan fingerprint density at radius 3 is 2.17 bits per heavy atom. The summed E-state index contributed by atoms with van der Waals surface area (Å²) in [6.45, 7) is 4.74. The molecule has 1 aromatic rings. The van der Waals surface area contributed by atoms with Gasteiger partial charge in [-0.15, -0.1) is 0 Å². The molecule has 1 heterocycles. The lowest BCUT2D eigenvalue weighted by atomic mass is 9.82. The van der Waals surface area contributed by atoms with Crippen molar-refractivity contribution < 1.29 is 23.1 Å². The summed E-state index contributed by atoms with van der Waals surface area (Å²) in [4.78, 5) is 26.5. The molecule has 2 aliphatic carbocycles. The number of amides is 1. The van der Waals surface area contributed by atoms with Gasteiger partial charge in [0.05, 0.1) is 10.8 Å². The zero-order valence-corrected chi connectivity index (χ0v) is 17.4. The molecule has 0 unspecified atom stereocenters. The molecule has 2 bridgehead atoms. The Bertz CT molecular complexity index is 979. The van der Waals surface area contributed by atoms with E-state index in [1.54, 1.807) is 23.1 Å². The Hall–Kier alpha value is -2.19. The van der Waals surface area contributed by atoms with Crippen molar-refractivity contribution in [3.8, 4) is 0 Å². The van der Waals surface area contributed by atoms with Crippen molar-refractivity contribution >= 4 is 21.9 Å². The van der Waals surface area contributed by atoms with E-state index >= 15 is 0 Å². The van der Waals surface area contributed by atoms with Gasteiger partial charge in [-0.3, -0.25) is 4.79 Å². The first-order chi connectivity index (χ1) is 13.7. The minimum atomic E-state index is -3.62. The van der Waals surface area contributed by atoms with Crippen molar-refractivity contribution in [1.29, 1.82) is 0 Å². The molecule has 7 nitrogen and oxygen atoms in total. The third-order valence-electron chi connectivity index (χ3n) is 6.68. The molecule has 1 aromatic carbocycles. The van der Waals surface area contributed by atoms with Gasteiger partial charge in [0, 0.05) is 38.1 Å². The van der Waals surface area contributed by atoms with Crippen molar-refractivity contribution in [2.24, 2.45) is 23.7 Å². The van der Waals surface area contributed by atoms with Gasteiger partial charge >= 0.3 is 0 Å². The van der Waals surface area contributed by atoms with Crippen LogP contribution in [0.3, 0.4) is 0 Å². The number of carboxylic acid groups (broad SMARTS) is 1. The monoisotopic (exact) mass is 417 g/mol. The van der Waals surface area contributed by atoms with Gasteiger partial charge < -0.3 is 14.8 Å². The molecule has 8 heteroatoms. The summed E-state index contributed by atoms with van der Waals surface area (Å²) in [5.74, 6) is -2.94. The third-order valence-corrected chi connectivity index (χ3v) is 8.58. The molecule has 156 valence electrons. The lowest BCUT2D eigenvalue weighted by Crippen LogP contribution is -2.54. The van der Waals surface area contributed by atoms with Crippen LogP contribution in [0.1, 0.15) is 17.5 Å². The van der Waals surface area contributed by atoms with Crippen molar-refractivity contribution in [3.63, 3.8) is 0 Å². The zero-order valence-electron chi connectivity index (χ0n) is 16.6. The first-order valence-electron chi connectivity index (χ1n) is 9.95. The molecule has 2 fully saturated rings. The lowest BCUT2D eigenvalue weighted by Gasteiger charge is -2.38. The highest BCUT2D eigenvalue weighted by atomic mass is 32.2. The van der Waals surface area contributed by atoms with Gasteiger partial charge in [-0.2, -0.15) is 4.31 Å². The second kappa shape index (κ2) is 7.25. The largest absolute Gasteiger partial charge is 0.550 e. The number of piperazine rings is 1. The van der Waals surface area contributed by atoms with Crippen LogP contribution in [0.15, 0.2) is 35.2 Å². The minimum Gasteiger partial charge on any atom is -0.550 e. The molecular weight excluding hydrogens is 392 g/mol. The Kier molecular flexibility index (Phi) is 5.02. The molecule has 4 atom stereocenters. The van der Waals surface area contributed by atoms with Crippen molar-refractivity contribution in [2.75, 3.05) is 26.2 Å². The van der Waals surface area contributed by atoms with E-state index in [0.717, 1.165) is 11.1 Å². The van der Waals surface area contributed by atoms with E-state index in [2.05, 4.69) is 0 Å². The first kappa shape index (κ1) is 20.1. The first-order valence-corrected chi connectivity index (χ1v) is 11.4. The van der Waals surface area contributed by atoms with Crippen LogP contribution in [0.25, 0.3) is 0 Å². The second-order valence-electron chi connectivity index (χ2n) is 8.29. The van der Waals surface area contributed by atoms with Crippen LogP contribution < -0.4 is 5.11 Å². The molecule has 3 aliphatic rings. The fourth-order valence-corrected chi connectivity index (χ4v) is 6.37. The van der Waals surface area contributed by atoms with E-state index in [1.165, 1.54) is 4.31 Å². The Morgan fingerprint density at radius 2 is 1.59 bits per heavy atom. The van der Waals surface area contributed by atoms with E-state index in [9.17, 15) is 23.1 Å². The van der Waals surface area contributed by atoms with E-state index < -0.39 is 27.8 Å². The smallest absolute Gasteiger partial charge is 0.243 e. The fourth-order valence-electron chi connectivity index (χ4n) is 4.86. The maximum atomic E-state index is 13.0. The number of aliphatic carboxylic acids is 1. The highest BCUT2D eigenvalue weighted by Crippen LogP contribution is 2.48. The van der Waals surface area contributed by atoms with Crippen molar-refractivity contribution in [2.45, 2.75) is 25.2 Å². The van der Waals surface area contributed by atoms with Gasteiger partial charge in [0.2, 0.25) is 15.9 Å². The molecule has 0 aromatic heterocycles. The Labute approximate surface area is 171 Å². The molecule has 0 spiro atoms. The molecule has 1 amide bonds. The molecule has 1 saturated carbocycles. The molecule has 29 heavy (non-hydrogen) atoms. The van der Waals surface area contributed by atoms with Crippen LogP contribution in [0, 0.1) is 37.5 Å². The number of allylic oxidation sites excluding steroid dienone is 2. The molecule has 1 saturated heterocycles. The average Bonchev–Trinajstić information content (AvgIpc) is 3.31. The number of nitrogens with zero attached hydrogens (tertiary/aromatic N) is 2. The average molecular weight is 418 g/mol. The highest BCUT2D eigenvalue weighted by molar-refractivity contribution is 7.89. The van der Waals surface area contributed by atoms with Crippen LogP contribution in [0.2, 0.25) is 0 Å². The number of fused-ring (bicyclic) bond motifs is 2. The molecule has 0 N–H and O–H groups in total. The van der Waals surface area contributed by atoms with E-state index in [-0.39, 0.29) is 48.8 Å². The third kappa shape index (κ3) is 3.38. The van der Waals surface area contributed by atoms with Gasteiger partial charge in [0.25, 0.3) is 0 Å². The predicted octanol–water partition coefficient (Wildman–Crippen LogP) is 0.325. The molecular formula is C21H25N2O5S-. The summed E-state index contributed by atoms with van der Waals surface area (Å²) in [6.07, 6.45) is 4.49. The number of hydrogen-bond donors (Lipinski definition) is 0. The summed E-state index contributed by atoms with van der Waals surface area (Å²) in [7, 11) is -3.62. The Balaban J connectivity index is 1.45. The van der Waals surface area contributed by atoms with E-state index in [4.69, 9.17) is 0 Å². The number of carbonyl (C=O) groups is 2. The number of aryl methyl sites for hydroxylation is 2. The van der Waals surface area contributed by atoms with Gasteiger partial charge in [-0.1, -0.05) is 18.2 Å². The second-order valence-corrected chi connectivity index (χ2v) is 10.2. The number of hydrogen-bond acceptors (Lipinski definition) is 5. The van der Waals surface area contributed by atoms with Gasteiger partial charge in [-0.25, -0.2) is 8.42 Å². The predicted molar refractivity (Wildman–Crippen MR) is 104 cm³/mol. The molecule has 0 radical (unpaired) electrons. The van der Waals surface area contributed by atoms with E-state index in [1.807, 2.05) is 26.0 Å². The maximum Gasteiger partial charge on any atom is 0.243 e. The van der Waals surface area contributed by atoms with Crippen molar-refractivity contribution in [1.82, 2.24) is 9.21 Å². The Morgan fingerprint density at radius 1 is 0.966 bits per heavy atom. The summed E-state index contributed by atoms with van der Waals surface area (Å²) in [6, 6.07) is 5.08. The summed E-state index contributed by atoms with van der Waals surface area (Å²) in [5.41, 5.74) is 1.94. The molecule has 1 aliphatic heterocycles. The van der Waals surface area contributed by atoms with Crippen LogP contribution in [-0.2, 0) is 19.6 Å². The van der Waals surface area contributed by atoms with Crippen LogP contribution in [0.5, 0.6) is 0 Å². The van der Waals surface area contributed by atoms with Gasteiger partial charge in [-0.05, 0) is 55.4 Å². The number of carbonyl (C=O) groups excluding carboxylic acids is 2. The topological polar surface area (TPSA) is 97.8 Å². The van der Waals surface area contributed by atoms with Gasteiger partial charge in [0.15, 0.2) is 0 Å².